The number of amides is 1. The first-order chi connectivity index (χ1) is 12.3. The van der Waals surface area contributed by atoms with Gasteiger partial charge >= 0.3 is 0 Å². The molecule has 5 nitrogen and oxygen atoms in total. The standard InChI is InChI=1S/C20H26N2O3S/c1-16-9-11-19(17(2)15-16)22(26(3,24)25)14-13-21-20(23)12-10-18-7-5-4-6-8-18/h4-9,11,15H,10,12-14H2,1-3H3,(H,21,23). The molecular formula is C20H26N2O3S. The Morgan fingerprint density at radius 2 is 1.77 bits per heavy atom. The number of sulfonamides is 1. The Morgan fingerprint density at radius 1 is 1.08 bits per heavy atom. The molecule has 0 fully saturated rings. The second-order valence-corrected chi connectivity index (χ2v) is 8.37. The molecule has 6 heteroatoms. The molecule has 0 aromatic heterocycles. The second-order valence-electron chi connectivity index (χ2n) is 6.46. The van der Waals surface area contributed by atoms with Crippen LogP contribution in [0.15, 0.2) is 48.5 Å². The zero-order valence-electron chi connectivity index (χ0n) is 15.5. The smallest absolute Gasteiger partial charge is 0.232 e. The predicted octanol–water partition coefficient (Wildman–Crippen LogP) is 2.82. The molecule has 1 amide bonds. The van der Waals surface area contributed by atoms with Crippen LogP contribution in [0.3, 0.4) is 0 Å². The molecule has 0 unspecified atom stereocenters. The molecule has 0 bridgehead atoms. The first-order valence-electron chi connectivity index (χ1n) is 8.63. The normalized spacial score (nSPS) is 11.2. The SMILES string of the molecule is Cc1ccc(N(CCNC(=O)CCc2ccccc2)S(C)(=O)=O)c(C)c1. The van der Waals surface area contributed by atoms with Crippen molar-refractivity contribution in [2.75, 3.05) is 23.7 Å². The summed E-state index contributed by atoms with van der Waals surface area (Å²) < 4.78 is 25.7. The minimum Gasteiger partial charge on any atom is -0.354 e. The molecule has 0 atom stereocenters. The number of hydrogen-bond donors (Lipinski definition) is 1. The van der Waals surface area contributed by atoms with Crippen LogP contribution in [0.4, 0.5) is 5.69 Å². The van der Waals surface area contributed by atoms with Gasteiger partial charge in [0.25, 0.3) is 0 Å². The molecule has 0 aliphatic rings. The van der Waals surface area contributed by atoms with Crippen LogP contribution in [-0.4, -0.2) is 33.7 Å². The van der Waals surface area contributed by atoms with E-state index in [4.69, 9.17) is 0 Å². The van der Waals surface area contributed by atoms with E-state index in [1.54, 1.807) is 0 Å². The third kappa shape index (κ3) is 5.88. The fourth-order valence-corrected chi connectivity index (χ4v) is 3.82. The van der Waals surface area contributed by atoms with E-state index in [2.05, 4.69) is 5.32 Å². The minimum atomic E-state index is -3.42. The van der Waals surface area contributed by atoms with Gasteiger partial charge in [-0.15, -0.1) is 0 Å². The van der Waals surface area contributed by atoms with E-state index in [0.717, 1.165) is 16.7 Å². The molecule has 0 spiro atoms. The van der Waals surface area contributed by atoms with E-state index in [9.17, 15) is 13.2 Å². The molecule has 0 heterocycles. The van der Waals surface area contributed by atoms with Crippen LogP contribution in [0.25, 0.3) is 0 Å². The van der Waals surface area contributed by atoms with Gasteiger partial charge in [0.2, 0.25) is 15.9 Å². The highest BCUT2D eigenvalue weighted by molar-refractivity contribution is 7.92. The molecule has 0 radical (unpaired) electrons. The summed E-state index contributed by atoms with van der Waals surface area (Å²) in [5.74, 6) is -0.0806. The van der Waals surface area contributed by atoms with E-state index >= 15 is 0 Å². The molecule has 1 N–H and O–H groups in total. The van der Waals surface area contributed by atoms with Gasteiger partial charge in [0.05, 0.1) is 18.5 Å². The van der Waals surface area contributed by atoms with Gasteiger partial charge in [-0.2, -0.15) is 0 Å². The van der Waals surface area contributed by atoms with Gasteiger partial charge in [0, 0.05) is 13.0 Å². The van der Waals surface area contributed by atoms with Gasteiger partial charge in [0.15, 0.2) is 0 Å². The maximum absolute atomic E-state index is 12.2. The van der Waals surface area contributed by atoms with Crippen LogP contribution in [0.1, 0.15) is 23.1 Å². The van der Waals surface area contributed by atoms with Gasteiger partial charge in [-0.3, -0.25) is 9.10 Å². The number of anilines is 1. The molecule has 0 saturated heterocycles. The largest absolute Gasteiger partial charge is 0.354 e. The Morgan fingerprint density at radius 3 is 2.38 bits per heavy atom. The number of nitrogens with one attached hydrogen (secondary N) is 1. The quantitative estimate of drug-likeness (QED) is 0.773. The van der Waals surface area contributed by atoms with Crippen molar-refractivity contribution in [3.05, 3.63) is 65.2 Å². The summed E-state index contributed by atoms with van der Waals surface area (Å²) in [6, 6.07) is 15.4. The lowest BCUT2D eigenvalue weighted by Gasteiger charge is -2.24. The van der Waals surface area contributed by atoms with E-state index in [-0.39, 0.29) is 19.0 Å². The topological polar surface area (TPSA) is 66.5 Å². The molecule has 2 rings (SSSR count). The molecule has 140 valence electrons. The zero-order valence-corrected chi connectivity index (χ0v) is 16.3. The molecule has 26 heavy (non-hydrogen) atoms. The summed E-state index contributed by atoms with van der Waals surface area (Å²) >= 11 is 0. The lowest BCUT2D eigenvalue weighted by atomic mass is 10.1. The Bertz CT molecular complexity index is 849. The third-order valence-electron chi connectivity index (χ3n) is 4.14. The summed E-state index contributed by atoms with van der Waals surface area (Å²) in [6.45, 7) is 4.33. The lowest BCUT2D eigenvalue weighted by molar-refractivity contribution is -0.120. The highest BCUT2D eigenvalue weighted by Gasteiger charge is 2.19. The Balaban J connectivity index is 1.92. The van der Waals surface area contributed by atoms with Crippen molar-refractivity contribution in [2.24, 2.45) is 0 Å². The molecule has 2 aromatic carbocycles. The molecule has 0 aliphatic carbocycles. The van der Waals surface area contributed by atoms with Crippen molar-refractivity contribution >= 4 is 21.6 Å². The van der Waals surface area contributed by atoms with Crippen LogP contribution in [0.2, 0.25) is 0 Å². The Hall–Kier alpha value is -2.34. The minimum absolute atomic E-state index is 0.0806. The highest BCUT2D eigenvalue weighted by atomic mass is 32.2. The summed E-state index contributed by atoms with van der Waals surface area (Å²) in [5.41, 5.74) is 3.73. The van der Waals surface area contributed by atoms with E-state index in [0.29, 0.717) is 18.5 Å². The van der Waals surface area contributed by atoms with Crippen molar-refractivity contribution < 1.29 is 13.2 Å². The predicted molar refractivity (Wildman–Crippen MR) is 106 cm³/mol. The van der Waals surface area contributed by atoms with Crippen molar-refractivity contribution in [3.63, 3.8) is 0 Å². The van der Waals surface area contributed by atoms with Crippen molar-refractivity contribution in [2.45, 2.75) is 26.7 Å². The molecule has 0 saturated carbocycles. The van der Waals surface area contributed by atoms with Crippen LogP contribution in [0, 0.1) is 13.8 Å². The van der Waals surface area contributed by atoms with Crippen LogP contribution >= 0.6 is 0 Å². The average molecular weight is 375 g/mol. The maximum Gasteiger partial charge on any atom is 0.232 e. The number of carbonyl (C=O) groups is 1. The first kappa shape index (κ1) is 20.0. The Kier molecular flexibility index (Phi) is 6.80. The fourth-order valence-electron chi connectivity index (χ4n) is 2.84. The van der Waals surface area contributed by atoms with Crippen LogP contribution in [0.5, 0.6) is 0 Å². The summed E-state index contributed by atoms with van der Waals surface area (Å²) in [6.07, 6.45) is 2.23. The first-order valence-corrected chi connectivity index (χ1v) is 10.5. The number of benzene rings is 2. The number of nitrogens with zero attached hydrogens (tertiary/aromatic N) is 1. The van der Waals surface area contributed by atoms with Gasteiger partial charge < -0.3 is 5.32 Å². The number of rotatable bonds is 8. The maximum atomic E-state index is 12.2. The van der Waals surface area contributed by atoms with Gasteiger partial charge in [-0.25, -0.2) is 8.42 Å². The van der Waals surface area contributed by atoms with E-state index < -0.39 is 10.0 Å². The van der Waals surface area contributed by atoms with E-state index in [1.165, 1.54) is 10.6 Å². The number of aryl methyl sites for hydroxylation is 3. The number of carbonyl (C=O) groups excluding carboxylic acids is 1. The zero-order chi connectivity index (χ0) is 19.2. The highest BCUT2D eigenvalue weighted by Crippen LogP contribution is 2.23. The summed E-state index contributed by atoms with van der Waals surface area (Å²) in [7, 11) is -3.42. The van der Waals surface area contributed by atoms with Gasteiger partial charge in [-0.1, -0.05) is 48.0 Å². The van der Waals surface area contributed by atoms with Crippen LogP contribution < -0.4 is 9.62 Å². The van der Waals surface area contributed by atoms with Gasteiger partial charge in [-0.05, 0) is 37.5 Å². The van der Waals surface area contributed by atoms with Crippen molar-refractivity contribution in [1.82, 2.24) is 5.32 Å². The van der Waals surface area contributed by atoms with Gasteiger partial charge in [0.1, 0.15) is 0 Å². The summed E-state index contributed by atoms with van der Waals surface area (Å²) in [4.78, 5) is 12.0. The number of hydrogen-bond acceptors (Lipinski definition) is 3. The monoisotopic (exact) mass is 374 g/mol. The fraction of sp³-hybridized carbons (Fsp3) is 0.350. The molecular weight excluding hydrogens is 348 g/mol. The van der Waals surface area contributed by atoms with E-state index in [1.807, 2.05) is 62.4 Å². The third-order valence-corrected chi connectivity index (χ3v) is 5.32. The van der Waals surface area contributed by atoms with Crippen LogP contribution in [-0.2, 0) is 21.2 Å². The lowest BCUT2D eigenvalue weighted by Crippen LogP contribution is -2.38. The van der Waals surface area contributed by atoms with Crippen molar-refractivity contribution in [3.8, 4) is 0 Å². The molecule has 0 aliphatic heterocycles. The molecule has 2 aromatic rings. The Labute approximate surface area is 156 Å². The average Bonchev–Trinajstić information content (AvgIpc) is 2.58. The van der Waals surface area contributed by atoms with Crippen molar-refractivity contribution in [1.29, 1.82) is 0 Å². The summed E-state index contributed by atoms with van der Waals surface area (Å²) in [5, 5.41) is 2.81. The second kappa shape index (κ2) is 8.85.